The fourth-order valence-electron chi connectivity index (χ4n) is 4.64. The fourth-order valence-corrected chi connectivity index (χ4v) is 4.64. The van der Waals surface area contributed by atoms with Crippen LogP contribution in [0.25, 0.3) is 0 Å². The molecule has 1 saturated heterocycles. The number of aromatic amines is 1. The predicted octanol–water partition coefficient (Wildman–Crippen LogP) is 0.331. The number of hydrogen-bond donors (Lipinski definition) is 3. The molecule has 2 atom stereocenters. The zero-order chi connectivity index (χ0) is 25.4. The lowest BCUT2D eigenvalue weighted by atomic mass is 10.0. The van der Waals surface area contributed by atoms with Crippen molar-refractivity contribution in [3.63, 3.8) is 0 Å². The number of nitrogens with one attached hydrogen (secondary N) is 1. The van der Waals surface area contributed by atoms with Crippen LogP contribution in [0, 0.1) is 5.82 Å². The number of aliphatic hydroxyl groups excluding tert-OH is 2. The van der Waals surface area contributed by atoms with Crippen LogP contribution >= 0.6 is 0 Å². The highest BCUT2D eigenvalue weighted by Crippen LogP contribution is 2.36. The van der Waals surface area contributed by atoms with Crippen LogP contribution in [0.2, 0.25) is 0 Å². The molecule has 0 bridgehead atoms. The summed E-state index contributed by atoms with van der Waals surface area (Å²) in [4.78, 5) is 42.6. The van der Waals surface area contributed by atoms with Crippen LogP contribution in [-0.2, 0) is 4.79 Å². The van der Waals surface area contributed by atoms with E-state index in [1.807, 2.05) is 0 Å². The van der Waals surface area contributed by atoms with E-state index in [0.29, 0.717) is 24.3 Å². The summed E-state index contributed by atoms with van der Waals surface area (Å²) >= 11 is 0. The quantitative estimate of drug-likeness (QED) is 0.416. The van der Waals surface area contributed by atoms with E-state index < -0.39 is 42.3 Å². The lowest BCUT2D eigenvalue weighted by molar-refractivity contribution is -0.142. The molecule has 3 amide bonds. The number of fused-ring (bicyclic) bond motifs is 1. The van der Waals surface area contributed by atoms with E-state index in [9.17, 15) is 19.5 Å². The summed E-state index contributed by atoms with van der Waals surface area (Å²) < 4.78 is 15.4. The second kappa shape index (κ2) is 9.47. The smallest absolute Gasteiger partial charge is 0.262 e. The van der Waals surface area contributed by atoms with Gasteiger partial charge in [0.25, 0.3) is 17.7 Å². The Kier molecular flexibility index (Phi) is 6.20. The zero-order valence-corrected chi connectivity index (χ0v) is 19.0. The third-order valence-corrected chi connectivity index (χ3v) is 6.47. The Bertz CT molecular complexity index is 1270. The van der Waals surface area contributed by atoms with Crippen LogP contribution in [-0.4, -0.2) is 92.0 Å². The van der Waals surface area contributed by atoms with Gasteiger partial charge in [0.1, 0.15) is 17.6 Å². The van der Waals surface area contributed by atoms with E-state index in [1.165, 1.54) is 17.2 Å². The third-order valence-electron chi connectivity index (χ3n) is 6.47. The summed E-state index contributed by atoms with van der Waals surface area (Å²) in [7, 11) is 0. The Balaban J connectivity index is 1.41. The maximum atomic E-state index is 15.4. The molecule has 3 heterocycles. The average molecular weight is 494 g/mol. The van der Waals surface area contributed by atoms with Crippen molar-refractivity contribution in [1.82, 2.24) is 25.2 Å². The molecule has 1 fully saturated rings. The molecule has 1 aromatic heterocycles. The molecule has 0 spiro atoms. The molecule has 2 aliphatic rings. The van der Waals surface area contributed by atoms with Crippen LogP contribution in [0.1, 0.15) is 38.0 Å². The first-order valence-electron chi connectivity index (χ1n) is 11.4. The average Bonchev–Trinajstić information content (AvgIpc) is 3.52. The van der Waals surface area contributed by atoms with Gasteiger partial charge in [-0.2, -0.15) is 15.4 Å². The molecule has 2 unspecified atom stereocenters. The molecule has 11 nitrogen and oxygen atoms in total. The topological polar surface area (TPSA) is 143 Å². The number of H-pyrrole nitrogens is 1. The number of anilines is 1. The number of imide groups is 1. The summed E-state index contributed by atoms with van der Waals surface area (Å²) in [5, 5.41) is 28.9. The number of carbonyl (C=O) groups is 3. The molecule has 186 valence electrons. The van der Waals surface area contributed by atoms with Gasteiger partial charge in [-0.15, -0.1) is 0 Å². The normalized spacial score (nSPS) is 17.4. The van der Waals surface area contributed by atoms with Crippen molar-refractivity contribution in [2.75, 3.05) is 37.7 Å². The number of piperazine rings is 1. The molecule has 0 radical (unpaired) electrons. The summed E-state index contributed by atoms with van der Waals surface area (Å²) in [6.45, 7) is 0.507. The Labute approximate surface area is 204 Å². The highest BCUT2D eigenvalue weighted by Gasteiger charge is 2.42. The van der Waals surface area contributed by atoms with E-state index in [2.05, 4.69) is 15.4 Å². The zero-order valence-electron chi connectivity index (χ0n) is 19.0. The number of nitrogens with zero attached hydrogens (tertiary/aromatic N) is 5. The number of carbonyl (C=O) groups excluding carboxylic acids is 3. The number of rotatable bonds is 6. The summed E-state index contributed by atoms with van der Waals surface area (Å²) in [6, 6.07) is 9.96. The molecule has 3 N–H and O–H groups in total. The lowest BCUT2D eigenvalue weighted by Gasteiger charge is -2.37. The summed E-state index contributed by atoms with van der Waals surface area (Å²) in [5.74, 6) is -2.13. The highest BCUT2D eigenvalue weighted by atomic mass is 19.1. The standard InChI is InChI=1S/C24H23FN6O5/c25-17-11-14(5-6-19(17)29-7-9-30(10-8-29)24(36)20(33)13-32)21(18-12-26-28-27-18)31-22(34)15-3-1-2-4-16(15)23(31)35/h1-6,11-12,20-21,32-33H,7-10,13H2,(H,26,27,28). The molecule has 12 heteroatoms. The van der Waals surface area contributed by atoms with Gasteiger partial charge in [-0.25, -0.2) is 4.39 Å². The molecular weight excluding hydrogens is 471 g/mol. The molecule has 2 aliphatic heterocycles. The lowest BCUT2D eigenvalue weighted by Crippen LogP contribution is -2.52. The number of amides is 3. The first-order valence-corrected chi connectivity index (χ1v) is 11.4. The van der Waals surface area contributed by atoms with Crippen molar-refractivity contribution in [2.24, 2.45) is 0 Å². The Hall–Kier alpha value is -4.16. The highest BCUT2D eigenvalue weighted by molar-refractivity contribution is 6.21. The molecule has 5 rings (SSSR count). The largest absolute Gasteiger partial charge is 0.393 e. The Morgan fingerprint density at radius 1 is 1.06 bits per heavy atom. The van der Waals surface area contributed by atoms with Crippen LogP contribution in [0.15, 0.2) is 48.7 Å². The number of benzene rings is 2. The molecule has 0 aliphatic carbocycles. The first kappa shape index (κ1) is 23.6. The minimum absolute atomic E-state index is 0.258. The number of halogens is 1. The van der Waals surface area contributed by atoms with Gasteiger partial charge in [-0.3, -0.25) is 19.3 Å². The van der Waals surface area contributed by atoms with E-state index in [-0.39, 0.29) is 29.9 Å². The Morgan fingerprint density at radius 3 is 2.28 bits per heavy atom. The van der Waals surface area contributed by atoms with Gasteiger partial charge in [0, 0.05) is 26.2 Å². The second-order valence-corrected chi connectivity index (χ2v) is 8.54. The summed E-state index contributed by atoms with van der Waals surface area (Å²) in [5.41, 5.74) is 1.47. The molecule has 2 aromatic carbocycles. The van der Waals surface area contributed by atoms with Crippen molar-refractivity contribution in [3.8, 4) is 0 Å². The van der Waals surface area contributed by atoms with Gasteiger partial charge in [-0.05, 0) is 29.8 Å². The van der Waals surface area contributed by atoms with E-state index >= 15 is 4.39 Å². The summed E-state index contributed by atoms with van der Waals surface area (Å²) in [6.07, 6.45) is -0.0833. The maximum absolute atomic E-state index is 15.4. The van der Waals surface area contributed by atoms with Gasteiger partial charge in [0.15, 0.2) is 6.10 Å². The van der Waals surface area contributed by atoms with Crippen molar-refractivity contribution in [2.45, 2.75) is 12.1 Å². The van der Waals surface area contributed by atoms with Gasteiger partial charge >= 0.3 is 0 Å². The second-order valence-electron chi connectivity index (χ2n) is 8.54. The van der Waals surface area contributed by atoms with Crippen LogP contribution in [0.5, 0.6) is 0 Å². The van der Waals surface area contributed by atoms with Gasteiger partial charge in [-0.1, -0.05) is 18.2 Å². The first-order chi connectivity index (χ1) is 17.4. The van der Waals surface area contributed by atoms with Gasteiger partial charge in [0.2, 0.25) is 0 Å². The van der Waals surface area contributed by atoms with Crippen LogP contribution < -0.4 is 4.90 Å². The van der Waals surface area contributed by atoms with E-state index in [0.717, 1.165) is 4.90 Å². The van der Waals surface area contributed by atoms with E-state index in [4.69, 9.17) is 5.11 Å². The number of aromatic nitrogens is 3. The number of hydrogen-bond acceptors (Lipinski definition) is 8. The molecule has 3 aromatic rings. The monoisotopic (exact) mass is 494 g/mol. The molecule has 36 heavy (non-hydrogen) atoms. The minimum Gasteiger partial charge on any atom is -0.393 e. The maximum Gasteiger partial charge on any atom is 0.262 e. The van der Waals surface area contributed by atoms with E-state index in [1.54, 1.807) is 41.3 Å². The van der Waals surface area contributed by atoms with Gasteiger partial charge < -0.3 is 20.0 Å². The number of aliphatic hydroxyl groups is 2. The van der Waals surface area contributed by atoms with Crippen molar-refractivity contribution < 1.29 is 29.0 Å². The van der Waals surface area contributed by atoms with Crippen LogP contribution in [0.4, 0.5) is 10.1 Å². The SMILES string of the molecule is O=C(C(O)CO)N1CCN(c2ccc(C(c3cn[nH]n3)N3C(=O)c4ccccc4C3=O)cc2F)CC1. The fraction of sp³-hybridized carbons (Fsp3) is 0.292. The van der Waals surface area contributed by atoms with Crippen LogP contribution in [0.3, 0.4) is 0 Å². The van der Waals surface area contributed by atoms with Crippen molar-refractivity contribution in [3.05, 3.63) is 76.9 Å². The molecular formula is C24H23FN6O5. The Morgan fingerprint density at radius 2 is 1.72 bits per heavy atom. The van der Waals surface area contributed by atoms with Crippen molar-refractivity contribution in [1.29, 1.82) is 0 Å². The third kappa shape index (κ3) is 3.99. The van der Waals surface area contributed by atoms with Gasteiger partial charge in [0.05, 0.1) is 29.6 Å². The van der Waals surface area contributed by atoms with Crippen molar-refractivity contribution >= 4 is 23.4 Å². The predicted molar refractivity (Wildman–Crippen MR) is 123 cm³/mol. The molecule has 0 saturated carbocycles. The minimum atomic E-state index is -1.47.